The monoisotopic (exact) mass is 307 g/mol. The first-order chi connectivity index (χ1) is 10.7. The molecule has 2 aliphatic heterocycles. The molecule has 0 aliphatic carbocycles. The Bertz CT molecular complexity index is 406. The van der Waals surface area contributed by atoms with Gasteiger partial charge in [-0.1, -0.05) is 65.3 Å². The molecule has 2 aliphatic rings. The number of fused-ring (bicyclic) bond motifs is 2. The van der Waals surface area contributed by atoms with Crippen molar-refractivity contribution < 1.29 is 4.74 Å². The number of ether oxygens (including phenoxy) is 1. The zero-order chi connectivity index (χ0) is 17.2. The van der Waals surface area contributed by atoms with E-state index in [-0.39, 0.29) is 5.60 Å². The van der Waals surface area contributed by atoms with E-state index in [1.54, 1.807) is 0 Å². The Morgan fingerprint density at radius 1 is 0.955 bits per heavy atom. The van der Waals surface area contributed by atoms with Crippen LogP contribution in [-0.2, 0) is 16.9 Å². The summed E-state index contributed by atoms with van der Waals surface area (Å²) in [4.78, 5) is 2.39. The van der Waals surface area contributed by atoms with Crippen LogP contribution in [0.25, 0.3) is 0 Å². The lowest BCUT2D eigenvalue weighted by Crippen LogP contribution is -2.40. The van der Waals surface area contributed by atoms with Crippen LogP contribution in [0, 0.1) is 6.92 Å². The predicted octanol–water partition coefficient (Wildman–Crippen LogP) is 5.52. The normalized spacial score (nSPS) is 18.0. The van der Waals surface area contributed by atoms with Crippen molar-refractivity contribution in [1.29, 1.82) is 0 Å². The summed E-state index contributed by atoms with van der Waals surface area (Å²) in [6.07, 6.45) is 2.28. The fourth-order valence-corrected chi connectivity index (χ4v) is 2.93. The molecule has 22 heavy (non-hydrogen) atoms. The van der Waals surface area contributed by atoms with Gasteiger partial charge in [-0.25, -0.2) is 0 Å². The highest BCUT2D eigenvalue weighted by Gasteiger charge is 2.41. The largest absolute Gasteiger partial charge is 0.365 e. The van der Waals surface area contributed by atoms with Crippen LogP contribution >= 0.6 is 0 Å². The Balaban J connectivity index is 0.000000661. The number of benzene rings is 1. The van der Waals surface area contributed by atoms with E-state index in [0.29, 0.717) is 0 Å². The number of rotatable bonds is 0. The van der Waals surface area contributed by atoms with Gasteiger partial charge in [-0.2, -0.15) is 0 Å². The highest BCUT2D eigenvalue weighted by molar-refractivity contribution is 5.38. The number of nitrogens with zero attached hydrogens (tertiary/aromatic N) is 1. The maximum atomic E-state index is 6.13. The molecule has 1 spiro atoms. The lowest BCUT2D eigenvalue weighted by Gasteiger charge is -2.37. The topological polar surface area (TPSA) is 12.5 Å². The second kappa shape index (κ2) is 10.8. The molecular formula is C20H37NO. The van der Waals surface area contributed by atoms with E-state index in [1.165, 1.54) is 16.7 Å². The maximum Gasteiger partial charge on any atom is 0.0963 e. The van der Waals surface area contributed by atoms with Crippen LogP contribution in [0.4, 0.5) is 0 Å². The Hall–Kier alpha value is -0.860. The predicted molar refractivity (Wildman–Crippen MR) is 98.4 cm³/mol. The van der Waals surface area contributed by atoms with Crippen LogP contribution in [0.1, 0.15) is 71.1 Å². The summed E-state index contributed by atoms with van der Waals surface area (Å²) in [6, 6.07) is 6.75. The zero-order valence-electron chi connectivity index (χ0n) is 16.1. The standard InChI is InChI=1S/C14H19NO.3C2H6/c1-11-3-4-12-10-16-14(13(12)9-11)5-7-15(2)8-6-14;3*1-2/h3-4,9H,5-8,10H2,1-2H3;3*1-2H3. The van der Waals surface area contributed by atoms with Crippen molar-refractivity contribution in [3.63, 3.8) is 0 Å². The van der Waals surface area contributed by atoms with Crippen molar-refractivity contribution in [2.24, 2.45) is 0 Å². The SMILES string of the molecule is CC.CC.CC.Cc1ccc2c(c1)C1(CCN(C)CC1)OC2. The van der Waals surface area contributed by atoms with Crippen LogP contribution < -0.4 is 0 Å². The van der Waals surface area contributed by atoms with Gasteiger partial charge in [0, 0.05) is 13.1 Å². The Morgan fingerprint density at radius 3 is 2.05 bits per heavy atom. The molecule has 128 valence electrons. The third kappa shape index (κ3) is 4.82. The Labute approximate surface area is 138 Å². The van der Waals surface area contributed by atoms with Crippen molar-refractivity contribution in [3.8, 4) is 0 Å². The summed E-state index contributed by atoms with van der Waals surface area (Å²) >= 11 is 0. The molecule has 0 amide bonds. The highest BCUT2D eigenvalue weighted by atomic mass is 16.5. The van der Waals surface area contributed by atoms with Gasteiger partial charge in [0.05, 0.1) is 12.2 Å². The van der Waals surface area contributed by atoms with E-state index in [4.69, 9.17) is 4.74 Å². The first-order valence-electron chi connectivity index (χ1n) is 9.12. The van der Waals surface area contributed by atoms with Crippen LogP contribution in [0.2, 0.25) is 0 Å². The van der Waals surface area contributed by atoms with Crippen LogP contribution in [0.3, 0.4) is 0 Å². The van der Waals surface area contributed by atoms with E-state index in [1.807, 2.05) is 41.5 Å². The summed E-state index contributed by atoms with van der Waals surface area (Å²) < 4.78 is 6.13. The van der Waals surface area contributed by atoms with E-state index >= 15 is 0 Å². The van der Waals surface area contributed by atoms with E-state index in [0.717, 1.165) is 32.5 Å². The van der Waals surface area contributed by atoms with Gasteiger partial charge < -0.3 is 9.64 Å². The molecule has 1 aromatic rings. The average Bonchev–Trinajstić information content (AvgIpc) is 2.94. The first kappa shape index (κ1) is 21.1. The smallest absolute Gasteiger partial charge is 0.0963 e. The molecule has 0 radical (unpaired) electrons. The fraction of sp³-hybridized carbons (Fsp3) is 0.700. The van der Waals surface area contributed by atoms with Gasteiger partial charge in [-0.3, -0.25) is 0 Å². The molecule has 0 atom stereocenters. The molecule has 0 N–H and O–H groups in total. The van der Waals surface area contributed by atoms with E-state index < -0.39 is 0 Å². The average molecular weight is 308 g/mol. The summed E-state index contributed by atoms with van der Waals surface area (Å²) in [5, 5.41) is 0. The van der Waals surface area contributed by atoms with Gasteiger partial charge in [0.1, 0.15) is 0 Å². The molecule has 2 heterocycles. The Morgan fingerprint density at radius 2 is 1.50 bits per heavy atom. The molecule has 1 aromatic carbocycles. The minimum atomic E-state index is 0.0356. The van der Waals surface area contributed by atoms with Gasteiger partial charge >= 0.3 is 0 Å². The van der Waals surface area contributed by atoms with Crippen molar-refractivity contribution in [3.05, 3.63) is 34.9 Å². The molecule has 0 unspecified atom stereocenters. The van der Waals surface area contributed by atoms with Gasteiger partial charge in [-0.15, -0.1) is 0 Å². The summed E-state index contributed by atoms with van der Waals surface area (Å²) in [5.74, 6) is 0. The molecular weight excluding hydrogens is 270 g/mol. The number of hydrogen-bond acceptors (Lipinski definition) is 2. The van der Waals surface area contributed by atoms with Crippen molar-refractivity contribution >= 4 is 0 Å². The number of hydrogen-bond donors (Lipinski definition) is 0. The molecule has 0 bridgehead atoms. The number of likely N-dealkylation sites (tertiary alicyclic amines) is 1. The Kier molecular flexibility index (Phi) is 10.4. The number of piperidine rings is 1. The van der Waals surface area contributed by atoms with Gasteiger partial charge in [0.15, 0.2) is 0 Å². The van der Waals surface area contributed by atoms with Crippen LogP contribution in [0.5, 0.6) is 0 Å². The summed E-state index contributed by atoms with van der Waals surface area (Å²) in [5.41, 5.74) is 4.24. The maximum absolute atomic E-state index is 6.13. The summed E-state index contributed by atoms with van der Waals surface area (Å²) in [7, 11) is 2.19. The third-order valence-corrected chi connectivity index (χ3v) is 4.05. The molecule has 1 fully saturated rings. The third-order valence-electron chi connectivity index (χ3n) is 4.05. The molecule has 0 aromatic heterocycles. The second-order valence-electron chi connectivity index (χ2n) is 5.25. The lowest BCUT2D eigenvalue weighted by molar-refractivity contribution is -0.0755. The molecule has 0 saturated carbocycles. The zero-order valence-corrected chi connectivity index (χ0v) is 16.1. The second-order valence-corrected chi connectivity index (χ2v) is 5.25. The van der Waals surface area contributed by atoms with E-state index in [2.05, 4.69) is 37.1 Å². The van der Waals surface area contributed by atoms with Crippen molar-refractivity contribution in [2.45, 2.75) is 73.5 Å². The van der Waals surface area contributed by atoms with Gasteiger partial charge in [0.25, 0.3) is 0 Å². The van der Waals surface area contributed by atoms with Crippen molar-refractivity contribution in [2.75, 3.05) is 20.1 Å². The lowest BCUT2D eigenvalue weighted by atomic mass is 9.83. The molecule has 3 rings (SSSR count). The molecule has 2 nitrogen and oxygen atoms in total. The van der Waals surface area contributed by atoms with Crippen LogP contribution in [-0.4, -0.2) is 25.0 Å². The summed E-state index contributed by atoms with van der Waals surface area (Å²) in [6.45, 7) is 17.3. The molecule has 1 saturated heterocycles. The van der Waals surface area contributed by atoms with Crippen molar-refractivity contribution in [1.82, 2.24) is 4.90 Å². The minimum absolute atomic E-state index is 0.0356. The minimum Gasteiger partial charge on any atom is -0.365 e. The quantitative estimate of drug-likeness (QED) is 0.625. The van der Waals surface area contributed by atoms with Gasteiger partial charge in [-0.05, 0) is 37.9 Å². The van der Waals surface area contributed by atoms with E-state index in [9.17, 15) is 0 Å². The highest BCUT2D eigenvalue weighted by Crippen LogP contribution is 2.44. The first-order valence-corrected chi connectivity index (χ1v) is 9.12. The van der Waals surface area contributed by atoms with Crippen LogP contribution in [0.15, 0.2) is 18.2 Å². The molecule has 2 heteroatoms. The fourth-order valence-electron chi connectivity index (χ4n) is 2.93. The van der Waals surface area contributed by atoms with Gasteiger partial charge in [0.2, 0.25) is 0 Å². The number of aryl methyl sites for hydroxylation is 1.